The summed E-state index contributed by atoms with van der Waals surface area (Å²) in [7, 11) is 0. The molecule has 4 heteroatoms. The van der Waals surface area contributed by atoms with Gasteiger partial charge in [-0.25, -0.2) is 0 Å². The second-order valence-electron chi connectivity index (χ2n) is 4.32. The van der Waals surface area contributed by atoms with Gasteiger partial charge in [0.05, 0.1) is 11.9 Å². The smallest absolute Gasteiger partial charge is 0.0563 e. The SMILES string of the molecule is CCN(CC)CCCN(CC)c1cncc(Br)c1. The van der Waals surface area contributed by atoms with Crippen LogP contribution < -0.4 is 4.90 Å². The Morgan fingerprint density at radius 3 is 2.33 bits per heavy atom. The van der Waals surface area contributed by atoms with Crippen LogP contribution in [-0.4, -0.2) is 42.6 Å². The van der Waals surface area contributed by atoms with E-state index in [9.17, 15) is 0 Å². The number of nitrogens with zero attached hydrogens (tertiary/aromatic N) is 3. The molecule has 0 aromatic carbocycles. The van der Waals surface area contributed by atoms with E-state index >= 15 is 0 Å². The van der Waals surface area contributed by atoms with E-state index in [4.69, 9.17) is 0 Å². The van der Waals surface area contributed by atoms with E-state index in [0.29, 0.717) is 0 Å². The van der Waals surface area contributed by atoms with Crippen molar-refractivity contribution in [1.29, 1.82) is 0 Å². The molecular weight excluding hydrogens is 290 g/mol. The normalized spacial score (nSPS) is 10.9. The van der Waals surface area contributed by atoms with Crippen LogP contribution in [0.4, 0.5) is 5.69 Å². The maximum Gasteiger partial charge on any atom is 0.0563 e. The van der Waals surface area contributed by atoms with Gasteiger partial charge in [0.2, 0.25) is 0 Å². The molecule has 0 atom stereocenters. The van der Waals surface area contributed by atoms with Crippen LogP contribution in [0, 0.1) is 0 Å². The van der Waals surface area contributed by atoms with Crippen molar-refractivity contribution in [3.63, 3.8) is 0 Å². The van der Waals surface area contributed by atoms with Gasteiger partial charge in [0.15, 0.2) is 0 Å². The Balaban J connectivity index is 2.47. The predicted molar refractivity (Wildman–Crippen MR) is 82.2 cm³/mol. The molecule has 0 unspecified atom stereocenters. The quantitative estimate of drug-likeness (QED) is 0.733. The third kappa shape index (κ3) is 4.94. The summed E-state index contributed by atoms with van der Waals surface area (Å²) in [6, 6.07) is 2.13. The van der Waals surface area contributed by atoms with Gasteiger partial charge < -0.3 is 9.80 Å². The molecule has 1 heterocycles. The molecule has 3 nitrogen and oxygen atoms in total. The summed E-state index contributed by atoms with van der Waals surface area (Å²) in [6.07, 6.45) is 4.96. The molecule has 0 N–H and O–H groups in total. The minimum Gasteiger partial charge on any atom is -0.370 e. The first-order chi connectivity index (χ1) is 8.71. The summed E-state index contributed by atoms with van der Waals surface area (Å²) in [5.41, 5.74) is 1.20. The van der Waals surface area contributed by atoms with Gasteiger partial charge in [0.25, 0.3) is 0 Å². The second kappa shape index (κ2) is 8.48. The maximum absolute atomic E-state index is 4.23. The van der Waals surface area contributed by atoms with Gasteiger partial charge in [-0.2, -0.15) is 0 Å². The van der Waals surface area contributed by atoms with Crippen molar-refractivity contribution < 1.29 is 0 Å². The molecule has 1 aromatic heterocycles. The van der Waals surface area contributed by atoms with Crippen molar-refractivity contribution >= 4 is 21.6 Å². The highest BCUT2D eigenvalue weighted by atomic mass is 79.9. The van der Waals surface area contributed by atoms with E-state index in [2.05, 4.69) is 57.6 Å². The average Bonchev–Trinajstić information content (AvgIpc) is 2.39. The fourth-order valence-electron chi connectivity index (χ4n) is 2.07. The number of halogens is 1. The highest BCUT2D eigenvalue weighted by Gasteiger charge is 2.06. The Bertz CT molecular complexity index is 340. The van der Waals surface area contributed by atoms with Gasteiger partial charge in [-0.15, -0.1) is 0 Å². The van der Waals surface area contributed by atoms with Gasteiger partial charge in [0.1, 0.15) is 0 Å². The summed E-state index contributed by atoms with van der Waals surface area (Å²) < 4.78 is 1.04. The first kappa shape index (κ1) is 15.4. The number of rotatable bonds is 8. The Labute approximate surface area is 119 Å². The lowest BCUT2D eigenvalue weighted by atomic mass is 10.3. The van der Waals surface area contributed by atoms with Crippen LogP contribution in [0.25, 0.3) is 0 Å². The Hall–Kier alpha value is -0.610. The lowest BCUT2D eigenvalue weighted by Gasteiger charge is -2.25. The van der Waals surface area contributed by atoms with Gasteiger partial charge in [0, 0.05) is 23.8 Å². The first-order valence-electron chi connectivity index (χ1n) is 6.79. The Morgan fingerprint density at radius 1 is 1.06 bits per heavy atom. The van der Waals surface area contributed by atoms with Crippen molar-refractivity contribution in [3.8, 4) is 0 Å². The second-order valence-corrected chi connectivity index (χ2v) is 5.24. The topological polar surface area (TPSA) is 19.4 Å². The first-order valence-corrected chi connectivity index (χ1v) is 7.58. The third-order valence-corrected chi connectivity index (χ3v) is 3.67. The van der Waals surface area contributed by atoms with E-state index in [-0.39, 0.29) is 0 Å². The largest absolute Gasteiger partial charge is 0.370 e. The molecule has 0 aliphatic heterocycles. The minimum absolute atomic E-state index is 1.02. The summed E-state index contributed by atoms with van der Waals surface area (Å²) in [6.45, 7) is 12.2. The van der Waals surface area contributed by atoms with Gasteiger partial charge in [-0.3, -0.25) is 4.98 Å². The molecule has 0 amide bonds. The highest BCUT2D eigenvalue weighted by Crippen LogP contribution is 2.18. The van der Waals surface area contributed by atoms with Crippen LogP contribution in [0.5, 0.6) is 0 Å². The fraction of sp³-hybridized carbons (Fsp3) is 0.643. The van der Waals surface area contributed by atoms with Gasteiger partial charge in [-0.05, 0) is 55.0 Å². The van der Waals surface area contributed by atoms with Crippen LogP contribution in [0.1, 0.15) is 27.2 Å². The van der Waals surface area contributed by atoms with Crippen molar-refractivity contribution in [2.75, 3.05) is 37.6 Å². The zero-order chi connectivity index (χ0) is 13.4. The molecule has 0 fully saturated rings. The summed E-state index contributed by atoms with van der Waals surface area (Å²) in [4.78, 5) is 9.07. The molecule has 0 aliphatic carbocycles. The van der Waals surface area contributed by atoms with E-state index in [0.717, 1.165) is 30.7 Å². The van der Waals surface area contributed by atoms with Crippen molar-refractivity contribution in [1.82, 2.24) is 9.88 Å². The molecule has 0 spiro atoms. The minimum atomic E-state index is 1.02. The molecule has 1 rings (SSSR count). The molecule has 0 saturated carbocycles. The molecular formula is C14H24BrN3. The highest BCUT2D eigenvalue weighted by molar-refractivity contribution is 9.10. The number of aromatic nitrogens is 1. The van der Waals surface area contributed by atoms with E-state index in [1.807, 2.05) is 12.4 Å². The average molecular weight is 314 g/mol. The van der Waals surface area contributed by atoms with Crippen LogP contribution in [0.3, 0.4) is 0 Å². The van der Waals surface area contributed by atoms with Crippen LogP contribution in [0.2, 0.25) is 0 Å². The van der Waals surface area contributed by atoms with Crippen LogP contribution in [-0.2, 0) is 0 Å². The molecule has 0 radical (unpaired) electrons. The predicted octanol–water partition coefficient (Wildman–Crippen LogP) is 3.40. The molecule has 1 aromatic rings. The standard InChI is InChI=1S/C14H24BrN3/c1-4-17(5-2)8-7-9-18(6-3)14-10-13(15)11-16-12-14/h10-12H,4-9H2,1-3H3. The summed E-state index contributed by atoms with van der Waals surface area (Å²) in [5.74, 6) is 0. The van der Waals surface area contributed by atoms with Crippen molar-refractivity contribution in [3.05, 3.63) is 22.9 Å². The van der Waals surface area contributed by atoms with Crippen LogP contribution in [0.15, 0.2) is 22.9 Å². The lowest BCUT2D eigenvalue weighted by molar-refractivity contribution is 0.301. The zero-order valence-electron chi connectivity index (χ0n) is 11.7. The Morgan fingerprint density at radius 2 is 1.78 bits per heavy atom. The van der Waals surface area contributed by atoms with E-state index in [1.165, 1.54) is 18.7 Å². The molecule has 0 saturated heterocycles. The van der Waals surface area contributed by atoms with E-state index < -0.39 is 0 Å². The van der Waals surface area contributed by atoms with E-state index in [1.54, 1.807) is 0 Å². The number of pyridine rings is 1. The van der Waals surface area contributed by atoms with Gasteiger partial charge in [-0.1, -0.05) is 13.8 Å². The van der Waals surface area contributed by atoms with Gasteiger partial charge >= 0.3 is 0 Å². The number of hydrogen-bond donors (Lipinski definition) is 0. The maximum atomic E-state index is 4.23. The Kier molecular flexibility index (Phi) is 7.28. The van der Waals surface area contributed by atoms with Crippen molar-refractivity contribution in [2.24, 2.45) is 0 Å². The monoisotopic (exact) mass is 313 g/mol. The van der Waals surface area contributed by atoms with Crippen molar-refractivity contribution in [2.45, 2.75) is 27.2 Å². The molecule has 18 heavy (non-hydrogen) atoms. The molecule has 102 valence electrons. The molecule has 0 aliphatic rings. The third-order valence-electron chi connectivity index (χ3n) is 3.23. The lowest BCUT2D eigenvalue weighted by Crippen LogP contribution is -2.30. The fourth-order valence-corrected chi connectivity index (χ4v) is 2.42. The molecule has 0 bridgehead atoms. The summed E-state index contributed by atoms with van der Waals surface area (Å²) >= 11 is 3.48. The number of hydrogen-bond acceptors (Lipinski definition) is 3. The van der Waals surface area contributed by atoms with Crippen LogP contribution >= 0.6 is 15.9 Å². The summed E-state index contributed by atoms with van der Waals surface area (Å²) in [5, 5.41) is 0. The zero-order valence-corrected chi connectivity index (χ0v) is 13.3. The number of anilines is 1.